The monoisotopic (exact) mass is 456 g/mol. The Hall–Kier alpha value is -0.820. The summed E-state index contributed by atoms with van der Waals surface area (Å²) in [5.74, 6) is 0.940. The van der Waals surface area contributed by atoms with Crippen LogP contribution in [-0.2, 0) is 5.41 Å². The molecule has 2 N–H and O–H groups in total. The summed E-state index contributed by atoms with van der Waals surface area (Å²) >= 11 is 0. The van der Waals surface area contributed by atoms with E-state index in [-0.39, 0.29) is 24.0 Å². The Morgan fingerprint density at radius 1 is 1.16 bits per heavy atom. The Labute approximate surface area is 169 Å². The van der Waals surface area contributed by atoms with Crippen LogP contribution in [0.3, 0.4) is 0 Å². The molecule has 1 aromatic carbocycles. The van der Waals surface area contributed by atoms with E-state index < -0.39 is 0 Å². The number of nitrogens with one attached hydrogen (secondary N) is 2. The maximum Gasteiger partial charge on any atom is 0.191 e. The van der Waals surface area contributed by atoms with Crippen LogP contribution in [0.25, 0.3) is 0 Å². The Morgan fingerprint density at radius 2 is 1.84 bits per heavy atom. The summed E-state index contributed by atoms with van der Waals surface area (Å²) in [6.45, 7) is 6.74. The quantitative estimate of drug-likeness (QED) is 0.376. The van der Waals surface area contributed by atoms with Gasteiger partial charge in [-0.25, -0.2) is 0 Å². The van der Waals surface area contributed by atoms with Gasteiger partial charge in [0.05, 0.1) is 0 Å². The fraction of sp³-hybridized carbons (Fsp3) is 0.650. The van der Waals surface area contributed by atoms with E-state index in [1.54, 1.807) is 0 Å². The molecule has 1 aromatic rings. The van der Waals surface area contributed by atoms with E-state index in [0.717, 1.165) is 19.0 Å². The summed E-state index contributed by atoms with van der Waals surface area (Å²) in [5.41, 5.74) is 1.77. The average Bonchev–Trinajstić information content (AvgIpc) is 3.23. The molecule has 1 heterocycles. The fourth-order valence-electron chi connectivity index (χ4n) is 3.84. The van der Waals surface area contributed by atoms with Gasteiger partial charge in [0.15, 0.2) is 5.96 Å². The van der Waals surface area contributed by atoms with Crippen LogP contribution in [0.2, 0.25) is 0 Å². The lowest BCUT2D eigenvalue weighted by Gasteiger charge is -2.27. The van der Waals surface area contributed by atoms with Crippen molar-refractivity contribution in [1.29, 1.82) is 0 Å². The van der Waals surface area contributed by atoms with Crippen molar-refractivity contribution in [1.82, 2.24) is 15.5 Å². The number of guanidine groups is 1. The third-order valence-electron chi connectivity index (χ3n) is 5.69. The summed E-state index contributed by atoms with van der Waals surface area (Å²) < 4.78 is 0. The Bertz CT molecular complexity index is 536. The smallest absolute Gasteiger partial charge is 0.191 e. The highest BCUT2D eigenvalue weighted by atomic mass is 127. The Morgan fingerprint density at radius 3 is 2.40 bits per heavy atom. The minimum atomic E-state index is 0. The molecule has 1 aliphatic heterocycles. The number of likely N-dealkylation sites (tertiary alicyclic amines) is 1. The highest BCUT2D eigenvalue weighted by molar-refractivity contribution is 14.0. The predicted molar refractivity (Wildman–Crippen MR) is 117 cm³/mol. The first-order valence-electron chi connectivity index (χ1n) is 9.51. The molecule has 0 amide bonds. The van der Waals surface area contributed by atoms with Gasteiger partial charge in [0, 0.05) is 31.6 Å². The van der Waals surface area contributed by atoms with E-state index in [4.69, 9.17) is 0 Å². The van der Waals surface area contributed by atoms with Gasteiger partial charge in [-0.15, -0.1) is 24.0 Å². The molecular formula is C20H33IN4. The van der Waals surface area contributed by atoms with Crippen LogP contribution in [0.1, 0.15) is 44.6 Å². The van der Waals surface area contributed by atoms with Crippen LogP contribution >= 0.6 is 24.0 Å². The van der Waals surface area contributed by atoms with Crippen molar-refractivity contribution in [3.63, 3.8) is 0 Å². The van der Waals surface area contributed by atoms with Crippen molar-refractivity contribution >= 4 is 29.9 Å². The first-order valence-corrected chi connectivity index (χ1v) is 9.51. The third-order valence-corrected chi connectivity index (χ3v) is 5.69. The van der Waals surface area contributed by atoms with Crippen molar-refractivity contribution in [3.05, 3.63) is 35.9 Å². The van der Waals surface area contributed by atoms with Crippen molar-refractivity contribution in [2.75, 3.05) is 33.2 Å². The topological polar surface area (TPSA) is 39.7 Å². The Balaban J connectivity index is 0.00000225. The largest absolute Gasteiger partial charge is 0.356 e. The molecule has 140 valence electrons. The molecule has 1 saturated heterocycles. The molecule has 1 aliphatic carbocycles. The van der Waals surface area contributed by atoms with Crippen molar-refractivity contribution in [3.8, 4) is 0 Å². The van der Waals surface area contributed by atoms with Crippen LogP contribution in [0.5, 0.6) is 0 Å². The zero-order valence-electron chi connectivity index (χ0n) is 15.6. The SMILES string of the molecule is CCC(CNC(=NC)NCC1(c2ccccc2)CC1)N1CCCC1.I. The molecule has 5 heteroatoms. The standard InChI is InChI=1S/C20H32N4.HI/c1-3-18(24-13-7-8-14-24)15-22-19(21-2)23-16-20(11-12-20)17-9-5-4-6-10-17;/h4-6,9-10,18H,3,7-8,11-16H2,1-2H3,(H2,21,22,23);1H. The van der Waals surface area contributed by atoms with Crippen LogP contribution in [-0.4, -0.2) is 50.1 Å². The molecular weight excluding hydrogens is 423 g/mol. The summed E-state index contributed by atoms with van der Waals surface area (Å²) in [4.78, 5) is 7.04. The lowest BCUT2D eigenvalue weighted by atomic mass is 9.96. The number of benzene rings is 1. The van der Waals surface area contributed by atoms with Gasteiger partial charge in [0.25, 0.3) is 0 Å². The molecule has 0 aromatic heterocycles. The summed E-state index contributed by atoms with van der Waals surface area (Å²) in [6.07, 6.45) is 6.43. The summed E-state index contributed by atoms with van der Waals surface area (Å²) in [6, 6.07) is 11.5. The number of rotatable bonds is 7. The van der Waals surface area contributed by atoms with Gasteiger partial charge < -0.3 is 10.6 Å². The van der Waals surface area contributed by atoms with Crippen LogP contribution in [0, 0.1) is 0 Å². The lowest BCUT2D eigenvalue weighted by molar-refractivity contribution is 0.236. The maximum absolute atomic E-state index is 4.42. The molecule has 2 aliphatic rings. The summed E-state index contributed by atoms with van der Waals surface area (Å²) in [7, 11) is 1.87. The fourth-order valence-corrected chi connectivity index (χ4v) is 3.84. The van der Waals surface area contributed by atoms with E-state index in [2.05, 4.69) is 57.8 Å². The summed E-state index contributed by atoms with van der Waals surface area (Å²) in [5, 5.41) is 7.11. The number of hydrogen-bond acceptors (Lipinski definition) is 2. The van der Waals surface area contributed by atoms with Crippen molar-refractivity contribution in [2.45, 2.75) is 50.5 Å². The molecule has 4 nitrogen and oxygen atoms in total. The average molecular weight is 456 g/mol. The molecule has 0 bridgehead atoms. The van der Waals surface area contributed by atoms with E-state index in [1.807, 2.05) is 7.05 Å². The maximum atomic E-state index is 4.42. The number of hydrogen-bond donors (Lipinski definition) is 2. The van der Waals surface area contributed by atoms with E-state index in [9.17, 15) is 0 Å². The first-order chi connectivity index (χ1) is 11.8. The molecule has 1 saturated carbocycles. The molecule has 0 spiro atoms. The van der Waals surface area contributed by atoms with Crippen LogP contribution in [0.4, 0.5) is 0 Å². The van der Waals surface area contributed by atoms with E-state index >= 15 is 0 Å². The molecule has 25 heavy (non-hydrogen) atoms. The number of aliphatic imine (C=N–C) groups is 1. The van der Waals surface area contributed by atoms with Gasteiger partial charge in [-0.05, 0) is 50.8 Å². The predicted octanol–water partition coefficient (Wildman–Crippen LogP) is 3.38. The minimum absolute atomic E-state index is 0. The van der Waals surface area contributed by atoms with E-state index in [0.29, 0.717) is 11.5 Å². The van der Waals surface area contributed by atoms with Crippen molar-refractivity contribution in [2.24, 2.45) is 4.99 Å². The molecule has 1 unspecified atom stereocenters. The third kappa shape index (κ3) is 5.33. The zero-order chi connectivity index (χ0) is 16.8. The number of nitrogens with zero attached hydrogens (tertiary/aromatic N) is 2. The molecule has 0 radical (unpaired) electrons. The molecule has 2 fully saturated rings. The van der Waals surface area contributed by atoms with Crippen molar-refractivity contribution < 1.29 is 0 Å². The van der Waals surface area contributed by atoms with Gasteiger partial charge in [-0.3, -0.25) is 9.89 Å². The van der Waals surface area contributed by atoms with Crippen LogP contribution in [0.15, 0.2) is 35.3 Å². The van der Waals surface area contributed by atoms with E-state index in [1.165, 1.54) is 50.8 Å². The van der Waals surface area contributed by atoms with Gasteiger partial charge in [-0.1, -0.05) is 37.3 Å². The second-order valence-corrected chi connectivity index (χ2v) is 7.26. The molecule has 1 atom stereocenters. The minimum Gasteiger partial charge on any atom is -0.356 e. The Kier molecular flexibility index (Phi) is 8.00. The highest BCUT2D eigenvalue weighted by Crippen LogP contribution is 2.47. The molecule has 3 rings (SSSR count). The second-order valence-electron chi connectivity index (χ2n) is 7.26. The van der Waals surface area contributed by atoms with Gasteiger partial charge >= 0.3 is 0 Å². The normalized spacial score (nSPS) is 20.6. The van der Waals surface area contributed by atoms with Gasteiger partial charge in [0.1, 0.15) is 0 Å². The zero-order valence-corrected chi connectivity index (χ0v) is 18.0. The lowest BCUT2D eigenvalue weighted by Crippen LogP contribution is -2.47. The number of halogens is 1. The van der Waals surface area contributed by atoms with Gasteiger partial charge in [0.2, 0.25) is 0 Å². The second kappa shape index (κ2) is 9.76. The highest BCUT2D eigenvalue weighted by Gasteiger charge is 2.44. The van der Waals surface area contributed by atoms with Crippen LogP contribution < -0.4 is 10.6 Å². The first kappa shape index (κ1) is 20.5. The van der Waals surface area contributed by atoms with Gasteiger partial charge in [-0.2, -0.15) is 0 Å².